The Hall–Kier alpha value is -0.850. The molecule has 2 N–H and O–H groups in total. The van der Waals surface area contributed by atoms with Gasteiger partial charge in [0.25, 0.3) is 11.5 Å². The minimum atomic E-state index is -0.319. The summed E-state index contributed by atoms with van der Waals surface area (Å²) in [5, 5.41) is 2.84. The number of halogens is 1. The van der Waals surface area contributed by atoms with Crippen molar-refractivity contribution in [3.63, 3.8) is 0 Å². The average Bonchev–Trinajstić information content (AvgIpc) is 2.31. The molecule has 0 radical (unpaired) electrons. The van der Waals surface area contributed by atoms with Gasteiger partial charge in [0.1, 0.15) is 5.56 Å². The second kappa shape index (κ2) is 6.36. The number of aromatic amines is 1. The van der Waals surface area contributed by atoms with Crippen molar-refractivity contribution in [3.8, 4) is 0 Å². The highest BCUT2D eigenvalue weighted by Gasteiger charge is 2.16. The van der Waals surface area contributed by atoms with E-state index in [9.17, 15) is 9.59 Å². The number of H-pyrrole nitrogens is 1. The van der Waals surface area contributed by atoms with Gasteiger partial charge in [-0.3, -0.25) is 9.59 Å². The van der Waals surface area contributed by atoms with Gasteiger partial charge in [0.2, 0.25) is 0 Å². The van der Waals surface area contributed by atoms with Gasteiger partial charge in [-0.25, -0.2) is 0 Å². The summed E-state index contributed by atoms with van der Waals surface area (Å²) in [4.78, 5) is 26.6. The third kappa shape index (κ3) is 3.57. The predicted molar refractivity (Wildman–Crippen MR) is 80.9 cm³/mol. The summed E-state index contributed by atoms with van der Waals surface area (Å²) in [6, 6.07) is 1.70. The van der Waals surface area contributed by atoms with E-state index in [4.69, 9.17) is 0 Å². The van der Waals surface area contributed by atoms with E-state index in [1.54, 1.807) is 6.07 Å². The SMILES string of the molecule is CCc1[nH]c(=O)c(C(=O)N[C@@H](C)C(C)C)cc1I. The summed E-state index contributed by atoms with van der Waals surface area (Å²) in [6.45, 7) is 7.95. The van der Waals surface area contributed by atoms with Gasteiger partial charge in [-0.05, 0) is 47.9 Å². The maximum Gasteiger partial charge on any atom is 0.261 e. The Morgan fingerprint density at radius 3 is 2.56 bits per heavy atom. The number of nitrogens with one attached hydrogen (secondary N) is 2. The molecule has 0 saturated heterocycles. The van der Waals surface area contributed by atoms with Crippen molar-refractivity contribution in [2.45, 2.75) is 40.2 Å². The number of hydrogen-bond donors (Lipinski definition) is 2. The first kappa shape index (κ1) is 15.2. The lowest BCUT2D eigenvalue weighted by atomic mass is 10.1. The van der Waals surface area contributed by atoms with E-state index in [2.05, 4.69) is 32.9 Å². The van der Waals surface area contributed by atoms with E-state index in [-0.39, 0.29) is 23.1 Å². The van der Waals surface area contributed by atoms with Crippen LogP contribution in [0.3, 0.4) is 0 Å². The Kier molecular flexibility index (Phi) is 5.37. The zero-order valence-corrected chi connectivity index (χ0v) is 13.3. The molecule has 100 valence electrons. The van der Waals surface area contributed by atoms with Crippen LogP contribution >= 0.6 is 22.6 Å². The van der Waals surface area contributed by atoms with Crippen LogP contribution in [0.2, 0.25) is 0 Å². The predicted octanol–water partition coefficient (Wildman–Crippen LogP) is 2.32. The van der Waals surface area contributed by atoms with E-state index in [1.807, 2.05) is 27.7 Å². The minimum absolute atomic E-state index is 0.0420. The molecule has 0 bridgehead atoms. The molecule has 0 spiro atoms. The van der Waals surface area contributed by atoms with Gasteiger partial charge in [-0.2, -0.15) is 0 Å². The summed E-state index contributed by atoms with van der Waals surface area (Å²) in [7, 11) is 0. The largest absolute Gasteiger partial charge is 0.349 e. The van der Waals surface area contributed by atoms with Crippen molar-refractivity contribution in [3.05, 3.63) is 31.2 Å². The molecule has 4 nitrogen and oxygen atoms in total. The molecule has 1 heterocycles. The van der Waals surface area contributed by atoms with E-state index in [1.165, 1.54) is 0 Å². The van der Waals surface area contributed by atoms with Crippen molar-refractivity contribution >= 4 is 28.5 Å². The molecule has 1 atom stereocenters. The van der Waals surface area contributed by atoms with Crippen molar-refractivity contribution in [2.24, 2.45) is 5.92 Å². The molecule has 0 saturated carbocycles. The molecule has 18 heavy (non-hydrogen) atoms. The van der Waals surface area contributed by atoms with Crippen LogP contribution < -0.4 is 10.9 Å². The van der Waals surface area contributed by atoms with Crippen molar-refractivity contribution in [1.29, 1.82) is 0 Å². The number of carbonyl (C=O) groups is 1. The maximum absolute atomic E-state index is 12.0. The highest BCUT2D eigenvalue weighted by Crippen LogP contribution is 2.10. The molecular weight excluding hydrogens is 343 g/mol. The second-order valence-electron chi connectivity index (χ2n) is 4.70. The number of hydrogen-bond acceptors (Lipinski definition) is 2. The van der Waals surface area contributed by atoms with Crippen LogP contribution in [-0.2, 0) is 6.42 Å². The number of aryl methyl sites for hydroxylation is 1. The van der Waals surface area contributed by atoms with Gasteiger partial charge >= 0.3 is 0 Å². The summed E-state index contributed by atoms with van der Waals surface area (Å²) in [5.41, 5.74) is 0.735. The van der Waals surface area contributed by atoms with E-state index < -0.39 is 0 Å². The van der Waals surface area contributed by atoms with Crippen LogP contribution in [-0.4, -0.2) is 16.9 Å². The second-order valence-corrected chi connectivity index (χ2v) is 5.86. The Morgan fingerprint density at radius 2 is 2.06 bits per heavy atom. The molecule has 1 rings (SSSR count). The fourth-order valence-electron chi connectivity index (χ4n) is 1.42. The molecule has 1 aromatic heterocycles. The van der Waals surface area contributed by atoms with Gasteiger partial charge in [-0.1, -0.05) is 20.8 Å². The molecule has 1 aromatic rings. The van der Waals surface area contributed by atoms with Gasteiger partial charge in [0, 0.05) is 15.3 Å². The van der Waals surface area contributed by atoms with E-state index in [0.717, 1.165) is 15.7 Å². The highest BCUT2D eigenvalue weighted by atomic mass is 127. The molecule has 0 aromatic carbocycles. The first-order chi connectivity index (χ1) is 8.36. The lowest BCUT2D eigenvalue weighted by molar-refractivity contribution is 0.0929. The summed E-state index contributed by atoms with van der Waals surface area (Å²) < 4.78 is 0.914. The summed E-state index contributed by atoms with van der Waals surface area (Å²) >= 11 is 2.13. The average molecular weight is 362 g/mol. The third-order valence-corrected chi connectivity index (χ3v) is 3.99. The lowest BCUT2D eigenvalue weighted by Crippen LogP contribution is -2.38. The Bertz CT molecular complexity index is 494. The van der Waals surface area contributed by atoms with Crippen LogP contribution in [0.15, 0.2) is 10.9 Å². The zero-order valence-electron chi connectivity index (χ0n) is 11.1. The fraction of sp³-hybridized carbons (Fsp3) is 0.538. The molecule has 0 aliphatic rings. The zero-order chi connectivity index (χ0) is 13.9. The van der Waals surface area contributed by atoms with Gasteiger partial charge < -0.3 is 10.3 Å². The fourth-order valence-corrected chi connectivity index (χ4v) is 2.25. The number of aromatic nitrogens is 1. The lowest BCUT2D eigenvalue weighted by Gasteiger charge is -2.17. The minimum Gasteiger partial charge on any atom is -0.349 e. The van der Waals surface area contributed by atoms with Crippen molar-refractivity contribution in [1.82, 2.24) is 10.3 Å². The van der Waals surface area contributed by atoms with E-state index >= 15 is 0 Å². The van der Waals surface area contributed by atoms with Crippen LogP contribution in [0.25, 0.3) is 0 Å². The quantitative estimate of drug-likeness (QED) is 0.808. The van der Waals surface area contributed by atoms with Crippen molar-refractivity contribution in [2.75, 3.05) is 0 Å². The summed E-state index contributed by atoms with van der Waals surface area (Å²) in [5.74, 6) is 0.0278. The smallest absolute Gasteiger partial charge is 0.261 e. The van der Waals surface area contributed by atoms with Crippen LogP contribution in [0, 0.1) is 9.49 Å². The van der Waals surface area contributed by atoms with Crippen molar-refractivity contribution < 1.29 is 4.79 Å². The highest BCUT2D eigenvalue weighted by molar-refractivity contribution is 14.1. The number of amides is 1. The molecule has 0 fully saturated rings. The number of pyridine rings is 1. The van der Waals surface area contributed by atoms with Gasteiger partial charge in [0.15, 0.2) is 0 Å². The summed E-state index contributed by atoms with van der Waals surface area (Å²) in [6.07, 6.45) is 0.748. The van der Waals surface area contributed by atoms with E-state index in [0.29, 0.717) is 5.92 Å². The molecule has 0 unspecified atom stereocenters. The van der Waals surface area contributed by atoms with Crippen LogP contribution in [0.1, 0.15) is 43.7 Å². The third-order valence-electron chi connectivity index (χ3n) is 3.03. The standard InChI is InChI=1S/C13H19IN2O2/c1-5-11-10(14)6-9(13(18)16-11)12(17)15-8(4)7(2)3/h6-8H,5H2,1-4H3,(H,15,17)(H,16,18)/t8-/m0/s1. The monoisotopic (exact) mass is 362 g/mol. The number of rotatable bonds is 4. The topological polar surface area (TPSA) is 62.0 Å². The molecule has 1 amide bonds. The van der Waals surface area contributed by atoms with Gasteiger partial charge in [-0.15, -0.1) is 0 Å². The Morgan fingerprint density at radius 1 is 1.44 bits per heavy atom. The Labute approximate surface area is 121 Å². The van der Waals surface area contributed by atoms with Gasteiger partial charge in [0.05, 0.1) is 0 Å². The van der Waals surface area contributed by atoms with Crippen LogP contribution in [0.4, 0.5) is 0 Å². The molecular formula is C13H19IN2O2. The maximum atomic E-state index is 12.0. The molecule has 0 aliphatic heterocycles. The van der Waals surface area contributed by atoms with Crippen LogP contribution in [0.5, 0.6) is 0 Å². The Balaban J connectivity index is 3.00. The molecule has 0 aliphatic carbocycles. The first-order valence-corrected chi connectivity index (χ1v) is 7.17. The first-order valence-electron chi connectivity index (χ1n) is 6.09. The number of carbonyl (C=O) groups excluding carboxylic acids is 1. The normalized spacial score (nSPS) is 12.6. The molecule has 5 heteroatoms.